The van der Waals surface area contributed by atoms with Gasteiger partial charge in [-0.05, 0) is 12.8 Å². The Morgan fingerprint density at radius 3 is 1.94 bits per heavy atom. The Labute approximate surface area is 153 Å². The standard InChI is InChI=1S/C11H22O3S.2Na.2H/c1-2-3-4-5-6-7-8-9-10-11-15(12,13)14;;;;/h10-11H,2-9H2,1H3,(H,12,13,14);;;;/q;2*+1;2*-1. The van der Waals surface area contributed by atoms with Crippen LogP contribution in [0.5, 0.6) is 0 Å². The van der Waals surface area contributed by atoms with Gasteiger partial charge in [-0.3, -0.25) is 4.55 Å². The molecule has 0 radical (unpaired) electrons. The Morgan fingerprint density at radius 1 is 1.00 bits per heavy atom. The first kappa shape index (κ1) is 23.7. The molecular formula is C11H24Na2O3S. The van der Waals surface area contributed by atoms with Crippen molar-refractivity contribution in [3.63, 3.8) is 0 Å². The predicted octanol–water partition coefficient (Wildman–Crippen LogP) is -2.24. The average Bonchev–Trinajstić information content (AvgIpc) is 2.14. The molecule has 0 unspecified atom stereocenters. The van der Waals surface area contributed by atoms with Gasteiger partial charge in [0.1, 0.15) is 0 Å². The number of hydrogen-bond acceptors (Lipinski definition) is 2. The van der Waals surface area contributed by atoms with Gasteiger partial charge in [0.25, 0.3) is 10.1 Å². The third kappa shape index (κ3) is 23.2. The van der Waals surface area contributed by atoms with Gasteiger partial charge in [0.05, 0.1) is 5.41 Å². The average molecular weight is 282 g/mol. The SMILES string of the molecule is CCCCCCCCCC=CS(=O)(=O)O.[H-].[H-].[Na+].[Na+]. The second-order valence-corrected chi connectivity index (χ2v) is 5.10. The van der Waals surface area contributed by atoms with E-state index in [2.05, 4.69) is 6.92 Å². The van der Waals surface area contributed by atoms with Crippen molar-refractivity contribution in [2.24, 2.45) is 0 Å². The molecule has 3 nitrogen and oxygen atoms in total. The summed E-state index contributed by atoms with van der Waals surface area (Å²) in [6, 6.07) is 0. The summed E-state index contributed by atoms with van der Waals surface area (Å²) >= 11 is 0. The van der Waals surface area contributed by atoms with E-state index in [9.17, 15) is 8.42 Å². The van der Waals surface area contributed by atoms with Gasteiger partial charge in [0.2, 0.25) is 0 Å². The maximum Gasteiger partial charge on any atom is 1.00 e. The Hall–Kier alpha value is 1.65. The summed E-state index contributed by atoms with van der Waals surface area (Å²) in [6.45, 7) is 2.19. The van der Waals surface area contributed by atoms with E-state index in [1.165, 1.54) is 38.2 Å². The first-order valence-electron chi connectivity index (χ1n) is 5.70. The van der Waals surface area contributed by atoms with E-state index in [0.29, 0.717) is 0 Å². The summed E-state index contributed by atoms with van der Waals surface area (Å²) in [5.74, 6) is 0. The normalized spacial score (nSPS) is 10.9. The summed E-state index contributed by atoms with van der Waals surface area (Å²) in [7, 11) is -3.91. The van der Waals surface area contributed by atoms with E-state index in [1.54, 1.807) is 0 Å². The van der Waals surface area contributed by atoms with E-state index in [-0.39, 0.29) is 62.0 Å². The van der Waals surface area contributed by atoms with Crippen LogP contribution in [0.2, 0.25) is 0 Å². The summed E-state index contributed by atoms with van der Waals surface area (Å²) in [4.78, 5) is 0. The third-order valence-corrected chi connectivity index (χ3v) is 2.78. The number of hydrogen-bond donors (Lipinski definition) is 1. The Bertz CT molecular complexity index is 273. The minimum atomic E-state index is -3.91. The molecule has 94 valence electrons. The molecule has 1 N–H and O–H groups in total. The van der Waals surface area contributed by atoms with E-state index < -0.39 is 10.1 Å². The molecule has 0 aliphatic carbocycles. The number of unbranched alkanes of at least 4 members (excludes halogenated alkanes) is 7. The zero-order valence-corrected chi connectivity index (χ0v) is 16.3. The van der Waals surface area contributed by atoms with Crippen LogP contribution in [0, 0.1) is 0 Å². The minimum absolute atomic E-state index is 0. The van der Waals surface area contributed by atoms with Crippen molar-refractivity contribution < 1.29 is 74.9 Å². The van der Waals surface area contributed by atoms with E-state index in [4.69, 9.17) is 4.55 Å². The van der Waals surface area contributed by atoms with Gasteiger partial charge >= 0.3 is 59.1 Å². The molecule has 17 heavy (non-hydrogen) atoms. The zero-order valence-electron chi connectivity index (χ0n) is 13.5. The molecule has 0 amide bonds. The molecule has 0 atom stereocenters. The van der Waals surface area contributed by atoms with Crippen LogP contribution in [0.15, 0.2) is 11.5 Å². The first-order chi connectivity index (χ1) is 7.06. The monoisotopic (exact) mass is 282 g/mol. The molecule has 0 aliphatic heterocycles. The second-order valence-electron chi connectivity index (χ2n) is 3.80. The molecule has 0 heterocycles. The van der Waals surface area contributed by atoms with Crippen LogP contribution in [-0.2, 0) is 10.1 Å². The fourth-order valence-electron chi connectivity index (χ4n) is 1.41. The molecule has 0 aliphatic rings. The minimum Gasteiger partial charge on any atom is -1.00 e. The van der Waals surface area contributed by atoms with Crippen LogP contribution >= 0.6 is 0 Å². The van der Waals surface area contributed by atoms with Crippen LogP contribution in [0.25, 0.3) is 0 Å². The third-order valence-electron chi connectivity index (χ3n) is 2.24. The zero-order chi connectivity index (χ0) is 11.6. The fourth-order valence-corrected chi connectivity index (χ4v) is 1.79. The quantitative estimate of drug-likeness (QED) is 0.296. The van der Waals surface area contributed by atoms with Crippen LogP contribution in [0.3, 0.4) is 0 Å². The molecule has 0 aromatic heterocycles. The topological polar surface area (TPSA) is 54.4 Å². The van der Waals surface area contributed by atoms with E-state index >= 15 is 0 Å². The molecular weight excluding hydrogens is 258 g/mol. The van der Waals surface area contributed by atoms with Gasteiger partial charge < -0.3 is 2.85 Å². The van der Waals surface area contributed by atoms with Gasteiger partial charge in [-0.1, -0.05) is 51.5 Å². The van der Waals surface area contributed by atoms with Crippen molar-refractivity contribution in [3.05, 3.63) is 11.5 Å². The Kier molecular flexibility index (Phi) is 21.9. The molecule has 0 saturated heterocycles. The number of rotatable bonds is 9. The molecule has 0 saturated carbocycles. The molecule has 0 bridgehead atoms. The van der Waals surface area contributed by atoms with Crippen LogP contribution in [-0.4, -0.2) is 13.0 Å². The van der Waals surface area contributed by atoms with Crippen molar-refractivity contribution in [1.82, 2.24) is 0 Å². The van der Waals surface area contributed by atoms with E-state index in [1.807, 2.05) is 0 Å². The van der Waals surface area contributed by atoms with Crippen LogP contribution in [0.4, 0.5) is 0 Å². The molecule has 0 rings (SSSR count). The van der Waals surface area contributed by atoms with E-state index in [0.717, 1.165) is 24.7 Å². The fraction of sp³-hybridized carbons (Fsp3) is 0.818. The van der Waals surface area contributed by atoms with Gasteiger partial charge in [0, 0.05) is 0 Å². The van der Waals surface area contributed by atoms with Gasteiger partial charge in [-0.2, -0.15) is 8.42 Å². The maximum atomic E-state index is 10.3. The Balaban J connectivity index is -0.000000163. The summed E-state index contributed by atoms with van der Waals surface area (Å²) in [6.07, 6.45) is 10.7. The van der Waals surface area contributed by atoms with Crippen molar-refractivity contribution >= 4 is 10.1 Å². The van der Waals surface area contributed by atoms with Crippen molar-refractivity contribution in [1.29, 1.82) is 0 Å². The van der Waals surface area contributed by atoms with Gasteiger partial charge in [-0.15, -0.1) is 0 Å². The summed E-state index contributed by atoms with van der Waals surface area (Å²) < 4.78 is 29.0. The van der Waals surface area contributed by atoms with Crippen molar-refractivity contribution in [3.8, 4) is 0 Å². The predicted molar refractivity (Wildman–Crippen MR) is 65.5 cm³/mol. The molecule has 0 aromatic carbocycles. The van der Waals surface area contributed by atoms with Gasteiger partial charge in [0.15, 0.2) is 0 Å². The van der Waals surface area contributed by atoms with Gasteiger partial charge in [-0.25, -0.2) is 0 Å². The number of allylic oxidation sites excluding steroid dienone is 1. The van der Waals surface area contributed by atoms with Crippen LogP contribution < -0.4 is 59.1 Å². The second kappa shape index (κ2) is 15.7. The summed E-state index contributed by atoms with van der Waals surface area (Å²) in [5.41, 5.74) is 0. The Morgan fingerprint density at radius 2 is 1.47 bits per heavy atom. The van der Waals surface area contributed by atoms with Crippen molar-refractivity contribution in [2.45, 2.75) is 58.3 Å². The molecule has 0 aromatic rings. The molecule has 0 fully saturated rings. The first-order valence-corrected chi connectivity index (χ1v) is 7.20. The smallest absolute Gasteiger partial charge is 1.00 e. The molecule has 0 spiro atoms. The maximum absolute atomic E-state index is 10.3. The summed E-state index contributed by atoms with van der Waals surface area (Å²) in [5, 5.41) is 0.865. The van der Waals surface area contributed by atoms with Crippen LogP contribution in [0.1, 0.15) is 61.1 Å². The largest absolute Gasteiger partial charge is 1.00 e. The van der Waals surface area contributed by atoms with Crippen molar-refractivity contribution in [2.75, 3.05) is 0 Å². The molecule has 6 heteroatoms.